The molecule has 2 atom stereocenters. The number of aryl methyl sites for hydroxylation is 1. The molecule has 0 spiro atoms. The third kappa shape index (κ3) is 3.47. The van der Waals surface area contributed by atoms with Crippen molar-refractivity contribution >= 4 is 11.6 Å². The van der Waals surface area contributed by atoms with Crippen molar-refractivity contribution in [3.63, 3.8) is 0 Å². The molecule has 0 radical (unpaired) electrons. The summed E-state index contributed by atoms with van der Waals surface area (Å²) in [7, 11) is 2.02. The largest absolute Gasteiger partial charge is 0.378 e. The Morgan fingerprint density at radius 2 is 2.33 bits per heavy atom. The van der Waals surface area contributed by atoms with Gasteiger partial charge in [-0.15, -0.1) is 0 Å². The minimum Gasteiger partial charge on any atom is -0.378 e. The second-order valence-corrected chi connectivity index (χ2v) is 5.47. The highest BCUT2D eigenvalue weighted by molar-refractivity contribution is 6.31. The second-order valence-electron chi connectivity index (χ2n) is 5.06. The van der Waals surface area contributed by atoms with Crippen LogP contribution in [0.4, 0.5) is 0 Å². The van der Waals surface area contributed by atoms with Gasteiger partial charge in [0.2, 0.25) is 0 Å². The van der Waals surface area contributed by atoms with E-state index in [1.54, 1.807) is 0 Å². The van der Waals surface area contributed by atoms with Gasteiger partial charge in [0.1, 0.15) is 0 Å². The highest BCUT2D eigenvalue weighted by Gasteiger charge is 2.18. The van der Waals surface area contributed by atoms with Crippen LogP contribution in [0.1, 0.15) is 42.9 Å². The monoisotopic (exact) mass is 267 g/mol. The van der Waals surface area contributed by atoms with E-state index in [-0.39, 0.29) is 0 Å². The lowest BCUT2D eigenvalue weighted by Gasteiger charge is -2.19. The van der Waals surface area contributed by atoms with E-state index in [1.165, 1.54) is 18.4 Å². The van der Waals surface area contributed by atoms with Gasteiger partial charge in [-0.05, 0) is 56.8 Å². The Morgan fingerprint density at radius 3 is 2.94 bits per heavy atom. The van der Waals surface area contributed by atoms with Crippen LogP contribution in [-0.4, -0.2) is 19.8 Å². The molecule has 2 nitrogen and oxygen atoms in total. The van der Waals surface area contributed by atoms with E-state index >= 15 is 0 Å². The van der Waals surface area contributed by atoms with E-state index in [9.17, 15) is 0 Å². The molecule has 18 heavy (non-hydrogen) atoms. The number of benzene rings is 1. The van der Waals surface area contributed by atoms with Crippen molar-refractivity contribution in [3.05, 3.63) is 34.3 Å². The Bertz CT molecular complexity index is 388. The zero-order valence-electron chi connectivity index (χ0n) is 11.2. The predicted molar refractivity (Wildman–Crippen MR) is 76.2 cm³/mol. The van der Waals surface area contributed by atoms with Crippen LogP contribution in [0.3, 0.4) is 0 Å². The zero-order chi connectivity index (χ0) is 13.0. The van der Waals surface area contributed by atoms with E-state index in [0.29, 0.717) is 12.1 Å². The molecule has 0 bridgehead atoms. The van der Waals surface area contributed by atoms with Gasteiger partial charge >= 0.3 is 0 Å². The zero-order valence-corrected chi connectivity index (χ0v) is 12.0. The van der Waals surface area contributed by atoms with Crippen LogP contribution in [0.15, 0.2) is 18.2 Å². The molecule has 1 fully saturated rings. The van der Waals surface area contributed by atoms with Crippen molar-refractivity contribution in [1.82, 2.24) is 5.32 Å². The molecule has 1 aliphatic rings. The molecule has 100 valence electrons. The van der Waals surface area contributed by atoms with Crippen LogP contribution >= 0.6 is 11.6 Å². The molecule has 2 unspecified atom stereocenters. The molecule has 1 aromatic carbocycles. The van der Waals surface area contributed by atoms with Crippen LogP contribution in [0, 0.1) is 6.92 Å². The van der Waals surface area contributed by atoms with Crippen LogP contribution in [0.5, 0.6) is 0 Å². The fraction of sp³-hybridized carbons (Fsp3) is 0.600. The standard InChI is InChI=1S/C15H22ClNO/c1-11-10-12(5-7-14(11)16)15(17-2)8-6-13-4-3-9-18-13/h5,7,10,13,15,17H,3-4,6,8-9H2,1-2H3. The molecule has 1 heterocycles. The van der Waals surface area contributed by atoms with Crippen LogP contribution < -0.4 is 5.32 Å². The summed E-state index contributed by atoms with van der Waals surface area (Å²) in [5.74, 6) is 0. The molecule has 0 aromatic heterocycles. The fourth-order valence-electron chi connectivity index (χ4n) is 2.59. The summed E-state index contributed by atoms with van der Waals surface area (Å²) in [6.07, 6.45) is 5.15. The molecule has 2 rings (SSSR count). The summed E-state index contributed by atoms with van der Waals surface area (Å²) < 4.78 is 5.68. The maximum atomic E-state index is 6.07. The SMILES string of the molecule is CNC(CCC1CCCO1)c1ccc(Cl)c(C)c1. The summed E-state index contributed by atoms with van der Waals surface area (Å²) in [6, 6.07) is 6.68. The highest BCUT2D eigenvalue weighted by Crippen LogP contribution is 2.26. The predicted octanol–water partition coefficient (Wildman–Crippen LogP) is 3.87. The first-order valence-electron chi connectivity index (χ1n) is 6.75. The van der Waals surface area contributed by atoms with Gasteiger partial charge in [0.05, 0.1) is 6.10 Å². The lowest BCUT2D eigenvalue weighted by atomic mass is 9.98. The average Bonchev–Trinajstić information content (AvgIpc) is 2.87. The van der Waals surface area contributed by atoms with Gasteiger partial charge in [0.15, 0.2) is 0 Å². The topological polar surface area (TPSA) is 21.3 Å². The maximum absolute atomic E-state index is 6.07. The van der Waals surface area contributed by atoms with Crippen molar-refractivity contribution in [2.45, 2.75) is 44.8 Å². The number of rotatable bonds is 5. The van der Waals surface area contributed by atoms with E-state index < -0.39 is 0 Å². The second kappa shape index (κ2) is 6.55. The summed E-state index contributed by atoms with van der Waals surface area (Å²) >= 11 is 6.07. The molecule has 0 aliphatic carbocycles. The minimum absolute atomic E-state index is 0.394. The van der Waals surface area contributed by atoms with E-state index in [1.807, 2.05) is 13.1 Å². The first-order valence-corrected chi connectivity index (χ1v) is 7.13. The normalized spacial score (nSPS) is 21.2. The summed E-state index contributed by atoms with van der Waals surface area (Å²) in [6.45, 7) is 2.99. The first kappa shape index (κ1) is 13.9. The van der Waals surface area contributed by atoms with Gasteiger partial charge < -0.3 is 10.1 Å². The van der Waals surface area contributed by atoms with Crippen molar-refractivity contribution in [3.8, 4) is 0 Å². The molecule has 1 saturated heterocycles. The lowest BCUT2D eigenvalue weighted by Crippen LogP contribution is -2.18. The van der Waals surface area contributed by atoms with Crippen LogP contribution in [0.25, 0.3) is 0 Å². The molecular formula is C15H22ClNO. The van der Waals surface area contributed by atoms with Gasteiger partial charge in [-0.25, -0.2) is 0 Å². The molecule has 0 saturated carbocycles. The molecule has 1 aromatic rings. The fourth-order valence-corrected chi connectivity index (χ4v) is 2.70. The number of nitrogens with one attached hydrogen (secondary N) is 1. The minimum atomic E-state index is 0.394. The molecule has 3 heteroatoms. The van der Waals surface area contributed by atoms with E-state index in [2.05, 4.69) is 24.4 Å². The summed E-state index contributed by atoms with van der Waals surface area (Å²) in [5.41, 5.74) is 2.46. The quantitative estimate of drug-likeness (QED) is 0.875. The number of halogens is 1. The Balaban J connectivity index is 1.96. The maximum Gasteiger partial charge on any atom is 0.0576 e. The Kier molecular flexibility index (Phi) is 5.04. The van der Waals surface area contributed by atoms with Gasteiger partial charge in [0, 0.05) is 17.7 Å². The first-order chi connectivity index (χ1) is 8.70. The van der Waals surface area contributed by atoms with Gasteiger partial charge in [-0.1, -0.05) is 23.7 Å². The van der Waals surface area contributed by atoms with Gasteiger partial charge in [-0.2, -0.15) is 0 Å². The third-order valence-electron chi connectivity index (χ3n) is 3.73. The number of hydrogen-bond acceptors (Lipinski definition) is 2. The number of hydrogen-bond donors (Lipinski definition) is 1. The Hall–Kier alpha value is -0.570. The molecule has 0 amide bonds. The molecule has 1 N–H and O–H groups in total. The Labute approximate surface area is 115 Å². The van der Waals surface area contributed by atoms with Gasteiger partial charge in [-0.3, -0.25) is 0 Å². The van der Waals surface area contributed by atoms with E-state index in [0.717, 1.165) is 30.0 Å². The van der Waals surface area contributed by atoms with Crippen molar-refractivity contribution < 1.29 is 4.74 Å². The van der Waals surface area contributed by atoms with Crippen LogP contribution in [-0.2, 0) is 4.74 Å². The summed E-state index contributed by atoms with van der Waals surface area (Å²) in [4.78, 5) is 0. The third-order valence-corrected chi connectivity index (χ3v) is 4.16. The Morgan fingerprint density at radius 1 is 1.50 bits per heavy atom. The average molecular weight is 268 g/mol. The lowest BCUT2D eigenvalue weighted by molar-refractivity contribution is 0.0998. The van der Waals surface area contributed by atoms with Crippen molar-refractivity contribution in [1.29, 1.82) is 0 Å². The summed E-state index contributed by atoms with van der Waals surface area (Å²) in [5, 5.41) is 4.23. The van der Waals surface area contributed by atoms with Crippen LogP contribution in [0.2, 0.25) is 5.02 Å². The van der Waals surface area contributed by atoms with Crippen molar-refractivity contribution in [2.24, 2.45) is 0 Å². The highest BCUT2D eigenvalue weighted by atomic mass is 35.5. The molecule has 1 aliphatic heterocycles. The van der Waals surface area contributed by atoms with E-state index in [4.69, 9.17) is 16.3 Å². The number of ether oxygens (including phenoxy) is 1. The molecular weight excluding hydrogens is 246 g/mol. The van der Waals surface area contributed by atoms with Gasteiger partial charge in [0.25, 0.3) is 0 Å². The smallest absolute Gasteiger partial charge is 0.0576 e. The van der Waals surface area contributed by atoms with Crippen molar-refractivity contribution in [2.75, 3.05) is 13.7 Å².